The molecule has 6 aromatic rings. The summed E-state index contributed by atoms with van der Waals surface area (Å²) in [6.45, 7) is 6.07. The van der Waals surface area contributed by atoms with Crippen molar-refractivity contribution in [3.05, 3.63) is 179 Å². The van der Waals surface area contributed by atoms with E-state index in [2.05, 4.69) is 63.5 Å². The molecule has 0 saturated carbocycles. The Morgan fingerprint density at radius 3 is 1.35 bits per heavy atom. The highest BCUT2D eigenvalue weighted by Crippen LogP contribution is 2.26. The number of aromatic nitrogens is 1. The van der Waals surface area contributed by atoms with Crippen molar-refractivity contribution < 1.29 is 78.0 Å². The maximum absolute atomic E-state index is 15.6. The van der Waals surface area contributed by atoms with E-state index in [1.165, 1.54) is 6.92 Å². The first-order valence-corrected chi connectivity index (χ1v) is 40.9. The number of rotatable bonds is 27. The van der Waals surface area contributed by atoms with E-state index < -0.39 is 162 Å². The van der Waals surface area contributed by atoms with Crippen molar-refractivity contribution >= 4 is 103 Å². The van der Waals surface area contributed by atoms with E-state index in [0.29, 0.717) is 64.5 Å². The number of carboxylic acids is 1. The van der Waals surface area contributed by atoms with Gasteiger partial charge in [-0.25, -0.2) is 4.79 Å². The maximum atomic E-state index is 15.6. The fraction of sp³-hybridized carbons (Fsp3) is 0.457. The second-order valence-electron chi connectivity index (χ2n) is 28.9. The summed E-state index contributed by atoms with van der Waals surface area (Å²) in [5, 5.41) is 74.3. The molecule has 32 nitrogen and oxygen atoms in total. The number of likely N-dealkylation sites (N-methyl/N-ethyl adjacent to an activating group) is 1. The third kappa shape index (κ3) is 29.2. The standard InChI is InChI=1S/C81H110N16O16S2/c1-47(2)85-42-54-33-31-53(32-34-54)40-63-75(106)95-68(48(3)99)78(109)93-64(39-52-25-13-8-14-26-52)76(107)96-69(49(4)100)79(110)94-66(44-98)80(111)97(5)67(77(108)88-60(81(112)113)30-18-20-36-83)46-115-114-45-57(84)70(101)87-59(29-17-19-35-82)71(102)89-61(37-50-21-9-6-10-22-50)72(103)90-62(38-51-23-11-7-12-24-51)73(104)92-65(74(105)91-63)41-55-43-86-58-28-16-15-27-56(55)58/h6-16,21-28,31-34,43,47-49,57,59-69,85-86,98-100H,17-20,29-30,35-42,44-46,82-84H2,1-5H3,(H,87,101)(H,88,108)(H,89,102)(H,90,103)(H,91,105)(H,92,104)(H,93,109)(H,94,110)(H,95,106)(H,96,107)(H,112,113)/t48-,49-,57-,59-,60+,61-,62+,63+,64+,65+,66+,67+,68-,69-/m1/s1. The number of hydrogen-bond acceptors (Lipinski definition) is 21. The summed E-state index contributed by atoms with van der Waals surface area (Å²) in [5.41, 5.74) is 22.3. The predicted octanol–water partition coefficient (Wildman–Crippen LogP) is -0.327. The van der Waals surface area contributed by atoms with Gasteiger partial charge in [-0.05, 0) is 105 Å². The number of aliphatic hydroxyl groups excluding tert-OH is 3. The Bertz CT molecular complexity index is 4190. The van der Waals surface area contributed by atoms with Gasteiger partial charge < -0.3 is 106 Å². The summed E-state index contributed by atoms with van der Waals surface area (Å²) in [5.74, 6) is -12.9. The van der Waals surface area contributed by atoms with Crippen molar-refractivity contribution in [3.63, 3.8) is 0 Å². The van der Waals surface area contributed by atoms with Gasteiger partial charge in [-0.3, -0.25) is 52.7 Å². The molecule has 34 heteroatoms. The van der Waals surface area contributed by atoms with Crippen molar-refractivity contribution in [2.45, 2.75) is 196 Å². The van der Waals surface area contributed by atoms with Crippen LogP contribution in [0.15, 0.2) is 146 Å². The summed E-state index contributed by atoms with van der Waals surface area (Å²) in [4.78, 5) is 181. The molecule has 11 amide bonds. The monoisotopic (exact) mass is 1630 g/mol. The molecular weight excluding hydrogens is 1520 g/mol. The van der Waals surface area contributed by atoms with Gasteiger partial charge in [-0.1, -0.05) is 169 Å². The molecule has 1 aliphatic heterocycles. The van der Waals surface area contributed by atoms with Gasteiger partial charge in [0.05, 0.1) is 24.9 Å². The van der Waals surface area contributed by atoms with Crippen LogP contribution >= 0.6 is 21.6 Å². The third-order valence-electron chi connectivity index (χ3n) is 19.4. The van der Waals surface area contributed by atoms with Crippen molar-refractivity contribution in [2.75, 3.05) is 38.2 Å². The number of carbonyl (C=O) groups excluding carboxylic acids is 11. The minimum absolute atomic E-state index is 0.00292. The van der Waals surface area contributed by atoms with Gasteiger partial charge in [0.15, 0.2) is 0 Å². The second-order valence-corrected chi connectivity index (χ2v) is 31.4. The Labute approximate surface area is 676 Å². The largest absolute Gasteiger partial charge is 0.480 e. The molecule has 622 valence electrons. The molecule has 22 N–H and O–H groups in total. The van der Waals surface area contributed by atoms with E-state index in [-0.39, 0.29) is 82.0 Å². The first-order chi connectivity index (χ1) is 55.1. The van der Waals surface area contributed by atoms with Crippen molar-refractivity contribution in [3.8, 4) is 0 Å². The number of hydrogen-bond donors (Lipinski definition) is 19. The van der Waals surface area contributed by atoms with Crippen molar-refractivity contribution in [1.82, 2.24) is 68.4 Å². The molecule has 115 heavy (non-hydrogen) atoms. The fourth-order valence-corrected chi connectivity index (χ4v) is 15.1. The highest BCUT2D eigenvalue weighted by atomic mass is 33.1. The lowest BCUT2D eigenvalue weighted by Crippen LogP contribution is -2.63. The summed E-state index contributed by atoms with van der Waals surface area (Å²) >= 11 is 0. The Morgan fingerprint density at radius 2 is 0.887 bits per heavy atom. The minimum Gasteiger partial charge on any atom is -0.480 e. The first-order valence-electron chi connectivity index (χ1n) is 38.5. The van der Waals surface area contributed by atoms with Crippen LogP contribution in [0, 0.1) is 0 Å². The number of aliphatic carboxylic acids is 1. The molecule has 0 radical (unpaired) electrons. The van der Waals surface area contributed by atoms with Crippen LogP contribution in [0.1, 0.15) is 99.6 Å². The van der Waals surface area contributed by atoms with Crippen LogP contribution in [0.5, 0.6) is 0 Å². The summed E-state index contributed by atoms with van der Waals surface area (Å²) in [7, 11) is 3.03. The number of nitrogens with zero attached hydrogens (tertiary/aromatic N) is 1. The molecule has 2 heterocycles. The van der Waals surface area contributed by atoms with Gasteiger partial charge in [0.25, 0.3) is 0 Å². The molecule has 0 unspecified atom stereocenters. The molecule has 14 atom stereocenters. The molecule has 5 aromatic carbocycles. The Hall–Kier alpha value is -10.3. The zero-order valence-electron chi connectivity index (χ0n) is 65.2. The number of benzene rings is 5. The number of carbonyl (C=O) groups is 12. The lowest BCUT2D eigenvalue weighted by molar-refractivity contribution is -0.145. The van der Waals surface area contributed by atoms with Gasteiger partial charge in [0, 0.05) is 80.3 Å². The number of unbranched alkanes of at least 4 members (excludes halogenated alkanes) is 2. The summed E-state index contributed by atoms with van der Waals surface area (Å²) < 4.78 is 0. The average molecular weight is 1630 g/mol. The SMILES string of the molecule is CC(C)NCc1ccc(C[C@@H]2NC(=O)[C@H](Cc3c[nH]c4ccccc34)NC(=O)[C@H](Cc3ccccc3)NC(=O)[C@@H](Cc3ccccc3)NC(=O)[C@@H](CCCCN)NC(=O)[C@H](N)CSSC[C@@H](C(=O)N[C@@H](CCCCN)C(=O)O)N(C)C(=O)[C@H](CO)NC(=O)[C@@H]([C@@H](C)O)NC(=O)[C@H](Cc3ccccc3)NC(=O)[C@@H]([C@@H](C)O)NC2=O)cc1. The Balaban J connectivity index is 1.34. The van der Waals surface area contributed by atoms with E-state index in [1.54, 1.807) is 128 Å². The number of aromatic amines is 1. The number of amides is 11. The second kappa shape index (κ2) is 46.9. The molecule has 1 aromatic heterocycles. The fourth-order valence-electron chi connectivity index (χ4n) is 12.7. The highest BCUT2D eigenvalue weighted by Gasteiger charge is 2.40. The number of fused-ring (bicyclic) bond motifs is 1. The van der Waals surface area contributed by atoms with Gasteiger partial charge >= 0.3 is 5.97 Å². The molecule has 1 aliphatic rings. The van der Waals surface area contributed by atoms with Crippen molar-refractivity contribution in [2.24, 2.45) is 17.2 Å². The number of para-hydroxylation sites is 1. The normalized spacial score (nSPS) is 23.1. The quantitative estimate of drug-likeness (QED) is 0.0232. The third-order valence-corrected chi connectivity index (χ3v) is 21.8. The van der Waals surface area contributed by atoms with Crippen LogP contribution in [-0.4, -0.2) is 230 Å². The molecule has 0 aliphatic carbocycles. The number of H-pyrrole nitrogens is 1. The van der Waals surface area contributed by atoms with Crippen LogP contribution in [0.4, 0.5) is 0 Å². The van der Waals surface area contributed by atoms with Gasteiger partial charge in [0.2, 0.25) is 65.0 Å². The predicted molar refractivity (Wildman–Crippen MR) is 437 cm³/mol. The van der Waals surface area contributed by atoms with E-state index in [1.807, 2.05) is 32.0 Å². The highest BCUT2D eigenvalue weighted by molar-refractivity contribution is 8.76. The van der Waals surface area contributed by atoms with Crippen LogP contribution in [0.2, 0.25) is 0 Å². The summed E-state index contributed by atoms with van der Waals surface area (Å²) in [6, 6.07) is 20.6. The van der Waals surface area contributed by atoms with E-state index in [0.717, 1.165) is 46.0 Å². The average Bonchev–Trinajstić information content (AvgIpc) is 1.73. The van der Waals surface area contributed by atoms with E-state index in [4.69, 9.17) is 17.2 Å². The van der Waals surface area contributed by atoms with E-state index in [9.17, 15) is 58.8 Å². The van der Waals surface area contributed by atoms with Crippen molar-refractivity contribution in [1.29, 1.82) is 0 Å². The lowest BCUT2D eigenvalue weighted by atomic mass is 9.99. The number of carboxylic acid groups (broad SMARTS) is 1. The van der Waals surface area contributed by atoms with Crippen LogP contribution < -0.4 is 75.7 Å². The summed E-state index contributed by atoms with van der Waals surface area (Å²) in [6.07, 6.45) is -1.61. The number of nitrogens with one attached hydrogen (secondary N) is 12. The number of nitrogens with two attached hydrogens (primary N) is 3. The van der Waals surface area contributed by atoms with Crippen LogP contribution in [0.3, 0.4) is 0 Å². The molecule has 0 bridgehead atoms. The first kappa shape index (κ1) is 91.9. The molecule has 0 spiro atoms. The van der Waals surface area contributed by atoms with Crippen LogP contribution in [-0.2, 0) is 96.2 Å². The van der Waals surface area contributed by atoms with Crippen LogP contribution in [0.25, 0.3) is 10.9 Å². The Kier molecular flexibility index (Phi) is 37.5. The maximum Gasteiger partial charge on any atom is 0.326 e. The number of aliphatic hydroxyl groups is 3. The molecule has 1 fully saturated rings. The zero-order chi connectivity index (χ0) is 83.7. The van der Waals surface area contributed by atoms with Gasteiger partial charge in [0.1, 0.15) is 66.5 Å². The smallest absolute Gasteiger partial charge is 0.326 e. The molecule has 1 saturated heterocycles. The molecule has 7 rings (SSSR count). The van der Waals surface area contributed by atoms with E-state index >= 15 is 19.2 Å². The van der Waals surface area contributed by atoms with Gasteiger partial charge in [-0.2, -0.15) is 0 Å². The lowest BCUT2D eigenvalue weighted by Gasteiger charge is -2.32. The topological polar surface area (TPSA) is 515 Å². The molecular formula is C81H110N16O16S2. The zero-order valence-corrected chi connectivity index (χ0v) is 66.9. The Morgan fingerprint density at radius 1 is 0.487 bits per heavy atom. The minimum atomic E-state index is -1.96. The van der Waals surface area contributed by atoms with Gasteiger partial charge in [-0.15, -0.1) is 0 Å².